The molecule has 3 N–H and O–H groups in total. The van der Waals surface area contributed by atoms with Crippen LogP contribution in [-0.4, -0.2) is 34.9 Å². The molecule has 0 aliphatic carbocycles. The quantitative estimate of drug-likeness (QED) is 0.0420. The highest BCUT2D eigenvalue weighted by Crippen LogP contribution is 2.18. The van der Waals surface area contributed by atoms with Crippen LogP contribution in [0.4, 0.5) is 0 Å². The van der Waals surface area contributed by atoms with Gasteiger partial charge < -0.3 is 15.5 Å². The number of carbonyl (C=O) groups excluding carboxylic acids is 1. The van der Waals surface area contributed by atoms with E-state index in [1.165, 1.54) is 186 Å². The summed E-state index contributed by atoms with van der Waals surface area (Å²) in [6.45, 7) is 4.24. The normalized spacial score (nSPS) is 13.6. The molecule has 72 heavy (non-hydrogen) atoms. The Hall–Kier alpha value is -2.95. The average Bonchev–Trinajstić information content (AvgIpc) is 3.39. The fourth-order valence-corrected chi connectivity index (χ4v) is 9.13. The molecular weight excluding hydrogens is 879 g/mol. The van der Waals surface area contributed by atoms with Crippen LogP contribution in [-0.2, 0) is 4.79 Å². The number of amides is 1. The van der Waals surface area contributed by atoms with Gasteiger partial charge in [-0.1, -0.05) is 322 Å². The van der Waals surface area contributed by atoms with E-state index < -0.39 is 12.1 Å². The minimum Gasteiger partial charge on any atom is -0.394 e. The van der Waals surface area contributed by atoms with Crippen molar-refractivity contribution in [2.45, 2.75) is 309 Å². The van der Waals surface area contributed by atoms with Gasteiger partial charge in [0, 0.05) is 6.42 Å². The van der Waals surface area contributed by atoms with Crippen molar-refractivity contribution in [3.05, 3.63) is 109 Å². The molecule has 1 amide bonds. The molecule has 2 unspecified atom stereocenters. The third kappa shape index (κ3) is 57.9. The van der Waals surface area contributed by atoms with Crippen molar-refractivity contribution < 1.29 is 15.0 Å². The van der Waals surface area contributed by atoms with E-state index in [2.05, 4.69) is 129 Å². The lowest BCUT2D eigenvalue weighted by molar-refractivity contribution is -0.123. The number of carbonyl (C=O) groups is 1. The maximum atomic E-state index is 12.5. The fourth-order valence-electron chi connectivity index (χ4n) is 9.13. The van der Waals surface area contributed by atoms with Gasteiger partial charge in [-0.2, -0.15) is 0 Å². The first kappa shape index (κ1) is 69.0. The van der Waals surface area contributed by atoms with Crippen molar-refractivity contribution in [1.82, 2.24) is 5.32 Å². The van der Waals surface area contributed by atoms with E-state index in [9.17, 15) is 15.0 Å². The first-order valence-electron chi connectivity index (χ1n) is 31.1. The molecule has 0 aromatic heterocycles. The van der Waals surface area contributed by atoms with Crippen molar-refractivity contribution in [2.75, 3.05) is 6.61 Å². The summed E-state index contributed by atoms with van der Waals surface area (Å²) >= 11 is 0. The minimum atomic E-state index is -0.694. The summed E-state index contributed by atoms with van der Waals surface area (Å²) in [5.74, 6) is -0.0897. The lowest BCUT2D eigenvalue weighted by atomic mass is 10.0. The topological polar surface area (TPSA) is 69.6 Å². The zero-order valence-corrected chi connectivity index (χ0v) is 47.7. The number of allylic oxidation sites excluding steroid dienone is 18. The molecule has 0 heterocycles. The third-order valence-electron chi connectivity index (χ3n) is 13.8. The molecule has 2 atom stereocenters. The molecule has 0 radical (unpaired) electrons. The SMILES string of the molecule is CC/C=C\C/C=C\C/C=C\C/C=C\C/C=C\C/C=C\C/C=C\C/C=C\C/C=C\CCCC(=O)NC(CO)C(O)CCCCCCCCCCCCCCCCCCCCCCCCCCCCCCCCC. The molecule has 0 aromatic rings. The summed E-state index contributed by atoms with van der Waals surface area (Å²) < 4.78 is 0. The summed E-state index contributed by atoms with van der Waals surface area (Å²) in [6.07, 6.45) is 93.9. The predicted molar refractivity (Wildman–Crippen MR) is 322 cm³/mol. The highest BCUT2D eigenvalue weighted by Gasteiger charge is 2.20. The standard InChI is InChI=1S/C68H119NO3/c1-3-5-7-9-11-13-15-17-19-21-23-25-27-29-31-33-34-36-37-39-41-43-45-47-49-51-53-55-57-59-61-63-67(71)66(65-70)69-68(72)64-62-60-58-56-54-52-50-48-46-44-42-40-38-35-32-30-28-26-24-22-20-18-16-14-12-10-8-6-4-2/h6,8,12,14,18,20,24,26,30,32,38,40,44,46,50,52,56,58,66-67,70-71H,3-5,7,9-11,13,15-17,19,21-23,25,27-29,31,33-37,39,41-43,45,47-49,51,53-55,57,59-65H2,1-2H3,(H,69,72)/b8-6-,14-12-,20-18-,26-24-,32-30-,40-38-,46-44-,52-50-,58-56-. The van der Waals surface area contributed by atoms with Gasteiger partial charge >= 0.3 is 0 Å². The Kier molecular flexibility index (Phi) is 59.8. The van der Waals surface area contributed by atoms with Gasteiger partial charge in [-0.15, -0.1) is 0 Å². The van der Waals surface area contributed by atoms with Crippen LogP contribution in [0.25, 0.3) is 0 Å². The van der Waals surface area contributed by atoms with Crippen LogP contribution in [0.3, 0.4) is 0 Å². The van der Waals surface area contributed by atoms with Gasteiger partial charge in [-0.05, 0) is 77.0 Å². The molecule has 0 spiro atoms. The number of aliphatic hydroxyl groups is 2. The van der Waals surface area contributed by atoms with E-state index in [1.807, 2.05) is 0 Å². The second-order valence-electron chi connectivity index (χ2n) is 20.7. The molecule has 0 saturated carbocycles. The van der Waals surface area contributed by atoms with E-state index in [0.29, 0.717) is 12.8 Å². The molecule has 0 aliphatic rings. The van der Waals surface area contributed by atoms with E-state index >= 15 is 0 Å². The Morgan fingerprint density at radius 1 is 0.347 bits per heavy atom. The van der Waals surface area contributed by atoms with Crippen LogP contribution in [0, 0.1) is 0 Å². The van der Waals surface area contributed by atoms with Crippen LogP contribution >= 0.6 is 0 Å². The first-order valence-corrected chi connectivity index (χ1v) is 31.1. The molecule has 0 aromatic carbocycles. The fraction of sp³-hybridized carbons (Fsp3) is 0.721. The minimum absolute atomic E-state index is 0.0897. The highest BCUT2D eigenvalue weighted by atomic mass is 16.3. The molecule has 0 fully saturated rings. The second-order valence-corrected chi connectivity index (χ2v) is 20.7. The Morgan fingerprint density at radius 2 is 0.597 bits per heavy atom. The van der Waals surface area contributed by atoms with E-state index in [0.717, 1.165) is 83.5 Å². The molecule has 0 saturated heterocycles. The summed E-state index contributed by atoms with van der Waals surface area (Å²) in [4.78, 5) is 12.5. The van der Waals surface area contributed by atoms with Crippen LogP contribution < -0.4 is 5.32 Å². The molecule has 414 valence electrons. The zero-order chi connectivity index (χ0) is 52.0. The maximum absolute atomic E-state index is 12.5. The Morgan fingerprint density at radius 3 is 0.861 bits per heavy atom. The lowest BCUT2D eigenvalue weighted by Crippen LogP contribution is -2.45. The molecule has 4 nitrogen and oxygen atoms in total. The number of hydrogen-bond donors (Lipinski definition) is 3. The number of aliphatic hydroxyl groups excluding tert-OH is 2. The van der Waals surface area contributed by atoms with Gasteiger partial charge in [0.05, 0.1) is 18.8 Å². The number of rotatable bonds is 56. The highest BCUT2D eigenvalue weighted by molar-refractivity contribution is 5.76. The molecule has 0 bridgehead atoms. The summed E-state index contributed by atoms with van der Waals surface area (Å²) in [6, 6.07) is -0.577. The molecule has 0 aliphatic heterocycles. The first-order chi connectivity index (χ1) is 35.7. The van der Waals surface area contributed by atoms with Gasteiger partial charge in [0.25, 0.3) is 0 Å². The van der Waals surface area contributed by atoms with Gasteiger partial charge in [-0.3, -0.25) is 4.79 Å². The van der Waals surface area contributed by atoms with Crippen LogP contribution in [0.5, 0.6) is 0 Å². The smallest absolute Gasteiger partial charge is 0.220 e. The van der Waals surface area contributed by atoms with Gasteiger partial charge in [-0.25, -0.2) is 0 Å². The number of unbranched alkanes of at least 4 members (excludes halogenated alkanes) is 31. The molecule has 4 heteroatoms. The predicted octanol–water partition coefficient (Wildman–Crippen LogP) is 21.0. The average molecular weight is 999 g/mol. The zero-order valence-electron chi connectivity index (χ0n) is 47.7. The molecule has 0 rings (SSSR count). The largest absolute Gasteiger partial charge is 0.394 e. The summed E-state index contributed by atoms with van der Waals surface area (Å²) in [7, 11) is 0. The van der Waals surface area contributed by atoms with E-state index in [-0.39, 0.29) is 12.5 Å². The van der Waals surface area contributed by atoms with E-state index in [4.69, 9.17) is 0 Å². The van der Waals surface area contributed by atoms with Gasteiger partial charge in [0.2, 0.25) is 5.91 Å². The van der Waals surface area contributed by atoms with E-state index in [1.54, 1.807) is 0 Å². The van der Waals surface area contributed by atoms with Crippen LogP contribution in [0.15, 0.2) is 109 Å². The van der Waals surface area contributed by atoms with Gasteiger partial charge in [0.15, 0.2) is 0 Å². The van der Waals surface area contributed by atoms with Crippen molar-refractivity contribution in [2.24, 2.45) is 0 Å². The Balaban J connectivity index is 3.58. The van der Waals surface area contributed by atoms with Crippen molar-refractivity contribution in [1.29, 1.82) is 0 Å². The Labute approximate surface area is 448 Å². The monoisotopic (exact) mass is 998 g/mol. The van der Waals surface area contributed by atoms with Crippen molar-refractivity contribution in [3.63, 3.8) is 0 Å². The summed E-state index contributed by atoms with van der Waals surface area (Å²) in [5.41, 5.74) is 0. The maximum Gasteiger partial charge on any atom is 0.220 e. The third-order valence-corrected chi connectivity index (χ3v) is 13.8. The number of hydrogen-bond acceptors (Lipinski definition) is 3. The van der Waals surface area contributed by atoms with Crippen LogP contribution in [0.2, 0.25) is 0 Å². The van der Waals surface area contributed by atoms with Crippen LogP contribution in [0.1, 0.15) is 296 Å². The summed E-state index contributed by atoms with van der Waals surface area (Å²) in [5, 5.41) is 23.3. The second kappa shape index (κ2) is 62.3. The lowest BCUT2D eigenvalue weighted by Gasteiger charge is -2.22. The number of nitrogens with one attached hydrogen (secondary N) is 1. The van der Waals surface area contributed by atoms with Crippen molar-refractivity contribution in [3.8, 4) is 0 Å². The van der Waals surface area contributed by atoms with Crippen molar-refractivity contribution >= 4 is 5.91 Å². The van der Waals surface area contributed by atoms with Gasteiger partial charge in [0.1, 0.15) is 0 Å². The molecular formula is C68H119NO3. The Bertz CT molecular complexity index is 1360.